The Bertz CT molecular complexity index is 434. The molecule has 0 bridgehead atoms. The molecule has 0 aliphatic carbocycles. The predicted molar refractivity (Wildman–Crippen MR) is 70.0 cm³/mol. The van der Waals surface area contributed by atoms with Crippen molar-refractivity contribution in [1.82, 2.24) is 0 Å². The van der Waals surface area contributed by atoms with E-state index >= 15 is 0 Å². The van der Waals surface area contributed by atoms with E-state index in [1.54, 1.807) is 12.1 Å². The first-order chi connectivity index (χ1) is 8.31. The van der Waals surface area contributed by atoms with Crippen molar-refractivity contribution >= 4 is 28.3 Å². The predicted octanol–water partition coefficient (Wildman–Crippen LogP) is 2.29. The van der Waals surface area contributed by atoms with Gasteiger partial charge in [-0.2, -0.15) is 0 Å². The van der Waals surface area contributed by atoms with E-state index < -0.39 is 5.60 Å². The fourth-order valence-corrected chi connectivity index (χ4v) is 2.00. The van der Waals surface area contributed by atoms with Crippen LogP contribution < -0.4 is 5.32 Å². The average molecular weight is 271 g/mol. The molecule has 1 aromatic rings. The van der Waals surface area contributed by atoms with E-state index in [-0.39, 0.29) is 18.5 Å². The van der Waals surface area contributed by atoms with Gasteiger partial charge in [-0.3, -0.25) is 4.79 Å². The van der Waals surface area contributed by atoms with Crippen LogP contribution in [0.4, 0.5) is 5.00 Å². The van der Waals surface area contributed by atoms with Crippen LogP contribution in [0.1, 0.15) is 30.4 Å². The van der Waals surface area contributed by atoms with E-state index in [9.17, 15) is 9.59 Å². The Balaban J connectivity index is 2.47. The number of hydrogen-bond acceptors (Lipinski definition) is 6. The maximum absolute atomic E-state index is 11.5. The topological polar surface area (TPSA) is 64.6 Å². The van der Waals surface area contributed by atoms with E-state index in [1.807, 2.05) is 20.8 Å². The smallest absolute Gasteiger partial charge is 0.348 e. The van der Waals surface area contributed by atoms with Gasteiger partial charge in [0.15, 0.2) is 0 Å². The van der Waals surface area contributed by atoms with Gasteiger partial charge in [0.25, 0.3) is 0 Å². The van der Waals surface area contributed by atoms with E-state index in [4.69, 9.17) is 4.74 Å². The normalized spacial score (nSPS) is 10.9. The Morgan fingerprint density at radius 3 is 2.56 bits per heavy atom. The van der Waals surface area contributed by atoms with Crippen LogP contribution in [-0.2, 0) is 14.3 Å². The number of nitrogens with one attached hydrogen (secondary N) is 1. The third kappa shape index (κ3) is 4.75. The summed E-state index contributed by atoms with van der Waals surface area (Å²) in [5, 5.41) is 3.63. The second kappa shape index (κ2) is 5.86. The standard InChI is InChI=1S/C12H17NO4S/c1-12(2,3)17-10(14)7-13-9-6-5-8(18-9)11(15)16-4/h5-6,13H,7H2,1-4H3. The number of thiophene rings is 1. The Kier molecular flexibility index (Phi) is 4.72. The number of methoxy groups -OCH3 is 1. The molecule has 1 aromatic heterocycles. The molecule has 0 aromatic carbocycles. The molecule has 100 valence electrons. The van der Waals surface area contributed by atoms with Crippen LogP contribution in [-0.4, -0.2) is 31.2 Å². The Hall–Kier alpha value is -1.56. The van der Waals surface area contributed by atoms with Gasteiger partial charge in [0.05, 0.1) is 12.1 Å². The molecule has 0 amide bonds. The molecule has 18 heavy (non-hydrogen) atoms. The third-order valence-corrected chi connectivity index (χ3v) is 2.84. The van der Waals surface area contributed by atoms with E-state index in [2.05, 4.69) is 10.1 Å². The lowest BCUT2D eigenvalue weighted by Gasteiger charge is -2.19. The van der Waals surface area contributed by atoms with Crippen molar-refractivity contribution in [3.8, 4) is 0 Å². The molecule has 1 N–H and O–H groups in total. The first-order valence-electron chi connectivity index (χ1n) is 5.45. The van der Waals surface area contributed by atoms with Crippen LogP contribution >= 0.6 is 11.3 Å². The quantitative estimate of drug-likeness (QED) is 0.851. The fraction of sp³-hybridized carbons (Fsp3) is 0.500. The molecule has 0 saturated carbocycles. The van der Waals surface area contributed by atoms with Crippen molar-refractivity contribution < 1.29 is 19.1 Å². The van der Waals surface area contributed by atoms with Crippen LogP contribution in [0.25, 0.3) is 0 Å². The molecule has 5 nitrogen and oxygen atoms in total. The Morgan fingerprint density at radius 1 is 1.33 bits per heavy atom. The number of carbonyl (C=O) groups excluding carboxylic acids is 2. The average Bonchev–Trinajstić information content (AvgIpc) is 2.71. The first-order valence-corrected chi connectivity index (χ1v) is 6.27. The van der Waals surface area contributed by atoms with Crippen LogP contribution in [0.15, 0.2) is 12.1 Å². The maximum atomic E-state index is 11.5. The van der Waals surface area contributed by atoms with Gasteiger partial charge in [-0.25, -0.2) is 4.79 Å². The molecule has 0 aliphatic heterocycles. The SMILES string of the molecule is COC(=O)c1ccc(NCC(=O)OC(C)(C)C)s1. The molecule has 1 rings (SSSR count). The van der Waals surface area contributed by atoms with Crippen molar-refractivity contribution in [2.24, 2.45) is 0 Å². The second-order valence-electron chi connectivity index (χ2n) is 4.60. The zero-order chi connectivity index (χ0) is 13.8. The number of anilines is 1. The fourth-order valence-electron chi connectivity index (χ4n) is 1.18. The monoisotopic (exact) mass is 271 g/mol. The molecule has 0 fully saturated rings. The van der Waals surface area contributed by atoms with Gasteiger partial charge in [-0.15, -0.1) is 11.3 Å². The minimum atomic E-state index is -0.495. The minimum absolute atomic E-state index is 0.0679. The summed E-state index contributed by atoms with van der Waals surface area (Å²) in [6.07, 6.45) is 0. The van der Waals surface area contributed by atoms with Crippen LogP contribution in [0.2, 0.25) is 0 Å². The molecule has 1 heterocycles. The molecule has 0 radical (unpaired) electrons. The third-order valence-electron chi connectivity index (χ3n) is 1.82. The van der Waals surface area contributed by atoms with Gasteiger partial charge in [0, 0.05) is 0 Å². The number of esters is 2. The Morgan fingerprint density at radius 2 is 2.00 bits per heavy atom. The molecular formula is C12H17NO4S. The van der Waals surface area contributed by atoms with Crippen molar-refractivity contribution in [2.45, 2.75) is 26.4 Å². The highest BCUT2D eigenvalue weighted by Gasteiger charge is 2.16. The van der Waals surface area contributed by atoms with Gasteiger partial charge in [0.1, 0.15) is 17.0 Å². The summed E-state index contributed by atoms with van der Waals surface area (Å²) in [4.78, 5) is 23.2. The number of ether oxygens (including phenoxy) is 2. The molecule has 0 saturated heterocycles. The van der Waals surface area contributed by atoms with Crippen molar-refractivity contribution in [1.29, 1.82) is 0 Å². The van der Waals surface area contributed by atoms with Crippen LogP contribution in [0, 0.1) is 0 Å². The summed E-state index contributed by atoms with van der Waals surface area (Å²) in [6.45, 7) is 5.50. The number of carbonyl (C=O) groups is 2. The molecular weight excluding hydrogens is 254 g/mol. The zero-order valence-electron chi connectivity index (χ0n) is 10.9. The van der Waals surface area contributed by atoms with Crippen molar-refractivity contribution in [3.63, 3.8) is 0 Å². The molecule has 6 heteroatoms. The van der Waals surface area contributed by atoms with Crippen LogP contribution in [0.3, 0.4) is 0 Å². The largest absolute Gasteiger partial charge is 0.465 e. The van der Waals surface area contributed by atoms with Crippen molar-refractivity contribution in [3.05, 3.63) is 17.0 Å². The van der Waals surface area contributed by atoms with Gasteiger partial charge < -0.3 is 14.8 Å². The van der Waals surface area contributed by atoms with Gasteiger partial charge >= 0.3 is 11.9 Å². The van der Waals surface area contributed by atoms with Gasteiger partial charge in [-0.1, -0.05) is 0 Å². The summed E-state index contributed by atoms with van der Waals surface area (Å²) < 4.78 is 9.74. The lowest BCUT2D eigenvalue weighted by Crippen LogP contribution is -2.27. The lowest BCUT2D eigenvalue weighted by molar-refractivity contribution is -0.152. The molecule has 0 unspecified atom stereocenters. The first kappa shape index (κ1) is 14.5. The van der Waals surface area contributed by atoms with Gasteiger partial charge in [-0.05, 0) is 32.9 Å². The van der Waals surface area contributed by atoms with Gasteiger partial charge in [0.2, 0.25) is 0 Å². The highest BCUT2D eigenvalue weighted by atomic mass is 32.1. The highest BCUT2D eigenvalue weighted by molar-refractivity contribution is 7.17. The zero-order valence-corrected chi connectivity index (χ0v) is 11.7. The second-order valence-corrected chi connectivity index (χ2v) is 5.68. The number of hydrogen-bond donors (Lipinski definition) is 1. The molecule has 0 aliphatic rings. The molecule has 0 atom stereocenters. The van der Waals surface area contributed by atoms with E-state index in [1.165, 1.54) is 18.4 Å². The summed E-state index contributed by atoms with van der Waals surface area (Å²) in [7, 11) is 1.33. The van der Waals surface area contributed by atoms with E-state index in [0.717, 1.165) is 5.00 Å². The summed E-state index contributed by atoms with van der Waals surface area (Å²) >= 11 is 1.23. The molecule has 0 spiro atoms. The number of rotatable bonds is 4. The summed E-state index contributed by atoms with van der Waals surface area (Å²) in [5.74, 6) is -0.721. The Labute approximate surface area is 110 Å². The summed E-state index contributed by atoms with van der Waals surface area (Å²) in [5.41, 5.74) is -0.495. The van der Waals surface area contributed by atoms with Crippen LogP contribution in [0.5, 0.6) is 0 Å². The lowest BCUT2D eigenvalue weighted by atomic mass is 10.2. The van der Waals surface area contributed by atoms with E-state index in [0.29, 0.717) is 4.88 Å². The highest BCUT2D eigenvalue weighted by Crippen LogP contribution is 2.22. The summed E-state index contributed by atoms with van der Waals surface area (Å²) in [6, 6.07) is 3.37. The minimum Gasteiger partial charge on any atom is -0.465 e. The van der Waals surface area contributed by atoms with Crippen molar-refractivity contribution in [2.75, 3.05) is 19.0 Å². The maximum Gasteiger partial charge on any atom is 0.348 e.